The van der Waals surface area contributed by atoms with Crippen LogP contribution in [0.5, 0.6) is 0 Å². The molecule has 1 saturated heterocycles. The van der Waals surface area contributed by atoms with Crippen LogP contribution in [0, 0.1) is 0 Å². The zero-order valence-electron chi connectivity index (χ0n) is 12.3. The number of benzene rings is 1. The second kappa shape index (κ2) is 6.59. The molecule has 0 radical (unpaired) electrons. The molecule has 0 amide bonds. The third-order valence-corrected chi connectivity index (χ3v) is 4.80. The number of likely N-dealkylation sites (tertiary alicyclic amines) is 1. The summed E-state index contributed by atoms with van der Waals surface area (Å²) in [7, 11) is -3.11. The molecule has 1 atom stereocenters. The van der Waals surface area contributed by atoms with E-state index in [2.05, 4.69) is 17.1 Å². The Morgan fingerprint density at radius 3 is 2.30 bits per heavy atom. The van der Waals surface area contributed by atoms with E-state index in [1.54, 1.807) is 12.1 Å². The molecule has 2 rings (SSSR count). The van der Waals surface area contributed by atoms with Crippen LogP contribution in [-0.2, 0) is 9.84 Å². The van der Waals surface area contributed by atoms with Gasteiger partial charge in [0.05, 0.1) is 4.90 Å². The summed E-state index contributed by atoms with van der Waals surface area (Å²) in [5.74, 6) is 0. The summed E-state index contributed by atoms with van der Waals surface area (Å²) in [5, 5.41) is 3.43. The topological polar surface area (TPSA) is 49.4 Å². The second-order valence-corrected chi connectivity index (χ2v) is 7.72. The molecule has 1 N–H and O–H groups in total. The average molecular weight is 296 g/mol. The van der Waals surface area contributed by atoms with Crippen LogP contribution in [0.15, 0.2) is 29.2 Å². The molecule has 0 aliphatic carbocycles. The molecule has 0 spiro atoms. The molecule has 1 aromatic rings. The van der Waals surface area contributed by atoms with Crippen LogP contribution >= 0.6 is 0 Å². The molecule has 1 aromatic carbocycles. The van der Waals surface area contributed by atoms with E-state index in [1.807, 2.05) is 12.1 Å². The minimum Gasteiger partial charge on any atom is -0.381 e. The summed E-state index contributed by atoms with van der Waals surface area (Å²) in [6.45, 7) is 5.59. The Morgan fingerprint density at radius 2 is 1.75 bits per heavy atom. The van der Waals surface area contributed by atoms with Crippen molar-refractivity contribution in [3.05, 3.63) is 24.3 Å². The zero-order chi connectivity index (χ0) is 14.6. The van der Waals surface area contributed by atoms with Gasteiger partial charge < -0.3 is 10.2 Å². The van der Waals surface area contributed by atoms with E-state index in [0.717, 1.165) is 12.2 Å². The summed E-state index contributed by atoms with van der Waals surface area (Å²) < 4.78 is 22.8. The minimum absolute atomic E-state index is 0.359. The van der Waals surface area contributed by atoms with Gasteiger partial charge in [-0.3, -0.25) is 0 Å². The highest BCUT2D eigenvalue weighted by Crippen LogP contribution is 2.15. The summed E-state index contributed by atoms with van der Waals surface area (Å²) in [6, 6.07) is 7.35. The Hall–Kier alpha value is -1.07. The third kappa shape index (κ3) is 4.49. The van der Waals surface area contributed by atoms with E-state index in [1.165, 1.54) is 38.6 Å². The fraction of sp³-hybridized carbons (Fsp3) is 0.600. The first-order valence-corrected chi connectivity index (χ1v) is 9.13. The van der Waals surface area contributed by atoms with Crippen LogP contribution in [0.4, 0.5) is 5.69 Å². The van der Waals surface area contributed by atoms with Gasteiger partial charge in [0, 0.05) is 24.5 Å². The summed E-state index contributed by atoms with van der Waals surface area (Å²) >= 11 is 0. The van der Waals surface area contributed by atoms with Crippen molar-refractivity contribution in [2.45, 2.75) is 37.1 Å². The lowest BCUT2D eigenvalue weighted by Crippen LogP contribution is -2.38. The first-order chi connectivity index (χ1) is 9.45. The first kappa shape index (κ1) is 15.3. The van der Waals surface area contributed by atoms with Crippen molar-refractivity contribution < 1.29 is 8.42 Å². The second-order valence-electron chi connectivity index (χ2n) is 5.70. The number of rotatable bonds is 5. The highest BCUT2D eigenvalue weighted by atomic mass is 32.2. The standard InChI is InChI=1S/C15H24N2O2S/c1-13(12-17-10-4-3-5-11-17)16-14-6-8-15(9-7-14)20(2,18)19/h6-9,13,16H,3-5,10-12H2,1-2H3. The smallest absolute Gasteiger partial charge is 0.175 e. The minimum atomic E-state index is -3.11. The Morgan fingerprint density at radius 1 is 1.15 bits per heavy atom. The number of sulfone groups is 1. The maximum Gasteiger partial charge on any atom is 0.175 e. The van der Waals surface area contributed by atoms with Crippen LogP contribution < -0.4 is 5.32 Å². The Bertz CT molecular complexity index is 519. The maximum absolute atomic E-state index is 11.4. The average Bonchev–Trinajstić information content (AvgIpc) is 2.39. The third-order valence-electron chi connectivity index (χ3n) is 3.68. The van der Waals surface area contributed by atoms with Gasteiger partial charge in [0.25, 0.3) is 0 Å². The van der Waals surface area contributed by atoms with Gasteiger partial charge in [0.2, 0.25) is 0 Å². The molecule has 5 heteroatoms. The first-order valence-electron chi connectivity index (χ1n) is 7.24. The van der Waals surface area contributed by atoms with Gasteiger partial charge in [-0.1, -0.05) is 6.42 Å². The normalized spacial score (nSPS) is 18.7. The number of nitrogens with one attached hydrogen (secondary N) is 1. The monoisotopic (exact) mass is 296 g/mol. The number of hydrogen-bond donors (Lipinski definition) is 1. The lowest BCUT2D eigenvalue weighted by molar-refractivity contribution is 0.223. The van der Waals surface area contributed by atoms with Crippen molar-refractivity contribution in [1.29, 1.82) is 0 Å². The molecule has 0 bridgehead atoms. The zero-order valence-corrected chi connectivity index (χ0v) is 13.1. The number of nitrogens with zero attached hydrogens (tertiary/aromatic N) is 1. The van der Waals surface area contributed by atoms with Crippen LogP contribution in [0.3, 0.4) is 0 Å². The van der Waals surface area contributed by atoms with E-state index in [0.29, 0.717) is 10.9 Å². The number of anilines is 1. The van der Waals surface area contributed by atoms with Crippen molar-refractivity contribution in [3.63, 3.8) is 0 Å². The molecule has 1 unspecified atom stereocenters. The predicted molar refractivity (Wildman–Crippen MR) is 82.9 cm³/mol. The van der Waals surface area contributed by atoms with E-state index in [4.69, 9.17) is 0 Å². The predicted octanol–water partition coefficient (Wildman–Crippen LogP) is 2.38. The van der Waals surface area contributed by atoms with Gasteiger partial charge in [-0.15, -0.1) is 0 Å². The van der Waals surface area contributed by atoms with E-state index in [-0.39, 0.29) is 0 Å². The van der Waals surface area contributed by atoms with Crippen LogP contribution in [-0.4, -0.2) is 45.2 Å². The fourth-order valence-electron chi connectivity index (χ4n) is 2.66. The quantitative estimate of drug-likeness (QED) is 0.906. The molecule has 1 aliphatic rings. The van der Waals surface area contributed by atoms with Gasteiger partial charge in [-0.25, -0.2) is 8.42 Å². The molecule has 1 fully saturated rings. The van der Waals surface area contributed by atoms with Crippen molar-refractivity contribution in [2.75, 3.05) is 31.2 Å². The summed E-state index contributed by atoms with van der Waals surface area (Å²) in [4.78, 5) is 2.86. The SMILES string of the molecule is CC(CN1CCCCC1)Nc1ccc(S(C)(=O)=O)cc1. The molecular formula is C15H24N2O2S. The van der Waals surface area contributed by atoms with Gasteiger partial charge in [0.1, 0.15) is 0 Å². The number of hydrogen-bond acceptors (Lipinski definition) is 4. The van der Waals surface area contributed by atoms with Gasteiger partial charge in [-0.05, 0) is 57.1 Å². The molecule has 1 heterocycles. The van der Waals surface area contributed by atoms with Crippen LogP contribution in [0.1, 0.15) is 26.2 Å². The molecule has 20 heavy (non-hydrogen) atoms. The van der Waals surface area contributed by atoms with Crippen LogP contribution in [0.25, 0.3) is 0 Å². The van der Waals surface area contributed by atoms with Crippen molar-refractivity contribution in [2.24, 2.45) is 0 Å². The van der Waals surface area contributed by atoms with E-state index < -0.39 is 9.84 Å². The van der Waals surface area contributed by atoms with Gasteiger partial charge in [-0.2, -0.15) is 0 Å². The Kier molecular flexibility index (Phi) is 5.05. The van der Waals surface area contributed by atoms with Gasteiger partial charge >= 0.3 is 0 Å². The summed E-state index contributed by atoms with van der Waals surface area (Å²) in [5.41, 5.74) is 0.974. The molecule has 4 nitrogen and oxygen atoms in total. The molecule has 0 saturated carbocycles. The summed E-state index contributed by atoms with van der Waals surface area (Å²) in [6.07, 6.45) is 5.19. The fourth-order valence-corrected chi connectivity index (χ4v) is 3.29. The maximum atomic E-state index is 11.4. The number of piperidine rings is 1. The van der Waals surface area contributed by atoms with Crippen molar-refractivity contribution in [3.8, 4) is 0 Å². The Labute approximate surface area is 122 Å². The Balaban J connectivity index is 1.89. The molecule has 112 valence electrons. The molecule has 0 aromatic heterocycles. The van der Waals surface area contributed by atoms with Crippen molar-refractivity contribution in [1.82, 2.24) is 4.90 Å². The van der Waals surface area contributed by atoms with Crippen molar-refractivity contribution >= 4 is 15.5 Å². The van der Waals surface area contributed by atoms with Gasteiger partial charge in [0.15, 0.2) is 9.84 Å². The lowest BCUT2D eigenvalue weighted by atomic mass is 10.1. The van der Waals surface area contributed by atoms with Crippen LogP contribution in [0.2, 0.25) is 0 Å². The molecule has 1 aliphatic heterocycles. The highest BCUT2D eigenvalue weighted by molar-refractivity contribution is 7.90. The highest BCUT2D eigenvalue weighted by Gasteiger charge is 2.13. The van der Waals surface area contributed by atoms with E-state index in [9.17, 15) is 8.42 Å². The lowest BCUT2D eigenvalue weighted by Gasteiger charge is -2.29. The van der Waals surface area contributed by atoms with E-state index >= 15 is 0 Å². The molecular weight excluding hydrogens is 272 g/mol. The largest absolute Gasteiger partial charge is 0.381 e.